The van der Waals surface area contributed by atoms with Gasteiger partial charge in [-0.15, -0.1) is 0 Å². The molecule has 1 N–H and O–H groups in total. The first kappa shape index (κ1) is 6.49. The molecule has 1 aliphatic heterocycles. The molecule has 0 fully saturated rings. The molecule has 0 spiro atoms. The molecule has 0 aromatic heterocycles. The lowest BCUT2D eigenvalue weighted by molar-refractivity contribution is -0.105. The predicted molar refractivity (Wildman–Crippen MR) is 36.3 cm³/mol. The zero-order chi connectivity index (χ0) is 6.69. The summed E-state index contributed by atoms with van der Waals surface area (Å²) in [6.45, 7) is 3.79. The van der Waals surface area contributed by atoms with Gasteiger partial charge in [0, 0.05) is 12.1 Å². The van der Waals surface area contributed by atoms with Crippen LogP contribution in [0.25, 0.3) is 0 Å². The van der Waals surface area contributed by atoms with E-state index in [9.17, 15) is 4.79 Å². The van der Waals surface area contributed by atoms with Crippen LogP contribution in [0.15, 0.2) is 11.1 Å². The van der Waals surface area contributed by atoms with Gasteiger partial charge in [-0.3, -0.25) is 4.79 Å². The Morgan fingerprint density at radius 1 is 1.67 bits per heavy atom. The van der Waals surface area contributed by atoms with Crippen LogP contribution in [-0.4, -0.2) is 19.4 Å². The van der Waals surface area contributed by atoms with Gasteiger partial charge in [-0.2, -0.15) is 0 Å². The molecule has 0 aromatic carbocycles. The molecule has 0 unspecified atom stereocenters. The highest BCUT2D eigenvalue weighted by atomic mass is 16.1. The van der Waals surface area contributed by atoms with E-state index in [1.807, 2.05) is 6.92 Å². The van der Waals surface area contributed by atoms with Crippen LogP contribution < -0.4 is 5.32 Å². The largest absolute Gasteiger partial charge is 0.312 e. The second-order valence-electron chi connectivity index (χ2n) is 2.35. The number of carbonyl (C=O) groups excluding carboxylic acids is 1. The van der Waals surface area contributed by atoms with E-state index in [4.69, 9.17) is 0 Å². The van der Waals surface area contributed by atoms with Crippen molar-refractivity contribution in [2.75, 3.05) is 13.1 Å². The molecule has 0 saturated heterocycles. The number of aldehydes is 1. The van der Waals surface area contributed by atoms with Crippen molar-refractivity contribution in [2.24, 2.45) is 0 Å². The minimum atomic E-state index is 0.759. The molecule has 2 nitrogen and oxygen atoms in total. The molecule has 1 aliphatic rings. The van der Waals surface area contributed by atoms with Gasteiger partial charge in [0.15, 0.2) is 0 Å². The van der Waals surface area contributed by atoms with E-state index in [2.05, 4.69) is 5.32 Å². The van der Waals surface area contributed by atoms with Gasteiger partial charge in [-0.05, 0) is 19.9 Å². The quantitative estimate of drug-likeness (QED) is 0.517. The maximum atomic E-state index is 10.3. The minimum Gasteiger partial charge on any atom is -0.312 e. The van der Waals surface area contributed by atoms with Gasteiger partial charge in [0.05, 0.1) is 0 Å². The highest BCUT2D eigenvalue weighted by Gasteiger charge is 2.05. The Morgan fingerprint density at radius 2 is 2.44 bits per heavy atom. The molecular formula is C7H11NO. The van der Waals surface area contributed by atoms with Gasteiger partial charge in [0.25, 0.3) is 0 Å². The Hall–Kier alpha value is -0.630. The van der Waals surface area contributed by atoms with Crippen LogP contribution in [0.5, 0.6) is 0 Å². The fraction of sp³-hybridized carbons (Fsp3) is 0.571. The molecule has 0 bridgehead atoms. The normalized spacial score (nSPS) is 20.1. The van der Waals surface area contributed by atoms with Crippen LogP contribution in [0, 0.1) is 0 Å². The summed E-state index contributed by atoms with van der Waals surface area (Å²) in [5.41, 5.74) is 2.17. The monoisotopic (exact) mass is 125 g/mol. The van der Waals surface area contributed by atoms with Gasteiger partial charge in [0.2, 0.25) is 0 Å². The predicted octanol–water partition coefficient (Wildman–Crippen LogP) is 0.495. The highest BCUT2D eigenvalue weighted by molar-refractivity contribution is 5.75. The molecule has 0 amide bonds. The topological polar surface area (TPSA) is 29.1 Å². The van der Waals surface area contributed by atoms with E-state index in [-0.39, 0.29) is 0 Å². The average Bonchev–Trinajstić information content (AvgIpc) is 1.89. The lowest BCUT2D eigenvalue weighted by Crippen LogP contribution is -2.24. The van der Waals surface area contributed by atoms with Crippen LogP contribution in [0.1, 0.15) is 13.3 Å². The molecule has 9 heavy (non-hydrogen) atoms. The molecule has 2 heteroatoms. The van der Waals surface area contributed by atoms with Crippen molar-refractivity contribution in [3.8, 4) is 0 Å². The summed E-state index contributed by atoms with van der Waals surface area (Å²) in [4.78, 5) is 10.3. The third-order valence-corrected chi connectivity index (χ3v) is 1.68. The standard InChI is InChI=1S/C7H11NO/c1-6-2-3-8-4-7(6)5-9/h5,8H,2-4H2,1H3. The van der Waals surface area contributed by atoms with E-state index in [1.54, 1.807) is 0 Å². The molecular weight excluding hydrogens is 114 g/mol. The van der Waals surface area contributed by atoms with Crippen molar-refractivity contribution in [1.29, 1.82) is 0 Å². The number of rotatable bonds is 1. The second-order valence-corrected chi connectivity index (χ2v) is 2.35. The Morgan fingerprint density at radius 3 is 2.89 bits per heavy atom. The summed E-state index contributed by atoms with van der Waals surface area (Å²) in [6, 6.07) is 0. The molecule has 0 radical (unpaired) electrons. The first-order valence-electron chi connectivity index (χ1n) is 3.19. The Balaban J connectivity index is 2.70. The van der Waals surface area contributed by atoms with Crippen molar-refractivity contribution in [3.63, 3.8) is 0 Å². The van der Waals surface area contributed by atoms with Gasteiger partial charge in [-0.1, -0.05) is 5.57 Å². The SMILES string of the molecule is CC1=C(C=O)CNCC1. The number of nitrogens with one attached hydrogen (secondary N) is 1. The van der Waals surface area contributed by atoms with Gasteiger partial charge < -0.3 is 5.32 Å². The average molecular weight is 125 g/mol. The fourth-order valence-electron chi connectivity index (χ4n) is 0.953. The highest BCUT2D eigenvalue weighted by Crippen LogP contribution is 2.08. The molecule has 50 valence electrons. The number of hydrogen-bond acceptors (Lipinski definition) is 2. The molecule has 1 heterocycles. The lowest BCUT2D eigenvalue weighted by atomic mass is 10.0. The van der Waals surface area contributed by atoms with E-state index >= 15 is 0 Å². The van der Waals surface area contributed by atoms with Crippen molar-refractivity contribution >= 4 is 6.29 Å². The minimum absolute atomic E-state index is 0.759. The molecule has 0 aliphatic carbocycles. The Labute approximate surface area is 54.9 Å². The molecule has 0 atom stereocenters. The number of carbonyl (C=O) groups is 1. The first-order valence-corrected chi connectivity index (χ1v) is 3.19. The lowest BCUT2D eigenvalue weighted by Gasteiger charge is -2.13. The van der Waals surface area contributed by atoms with Gasteiger partial charge in [0.1, 0.15) is 6.29 Å². The molecule has 1 rings (SSSR count). The van der Waals surface area contributed by atoms with E-state index in [0.29, 0.717) is 0 Å². The fourth-order valence-corrected chi connectivity index (χ4v) is 0.953. The Kier molecular flexibility index (Phi) is 2.01. The van der Waals surface area contributed by atoms with Crippen LogP contribution in [0.2, 0.25) is 0 Å². The zero-order valence-corrected chi connectivity index (χ0v) is 5.61. The van der Waals surface area contributed by atoms with Gasteiger partial charge in [-0.25, -0.2) is 0 Å². The first-order chi connectivity index (χ1) is 4.34. The summed E-state index contributed by atoms with van der Waals surface area (Å²) in [7, 11) is 0. The summed E-state index contributed by atoms with van der Waals surface area (Å²) in [5.74, 6) is 0. The van der Waals surface area contributed by atoms with Crippen LogP contribution in [0.4, 0.5) is 0 Å². The zero-order valence-electron chi connectivity index (χ0n) is 5.61. The maximum Gasteiger partial charge on any atom is 0.147 e. The smallest absolute Gasteiger partial charge is 0.147 e. The molecule has 0 aromatic rings. The molecule has 0 saturated carbocycles. The van der Waals surface area contributed by atoms with Crippen molar-refractivity contribution < 1.29 is 4.79 Å². The summed E-state index contributed by atoms with van der Waals surface area (Å²) >= 11 is 0. The Bertz CT molecular complexity index is 149. The summed E-state index contributed by atoms with van der Waals surface area (Å²) < 4.78 is 0. The summed E-state index contributed by atoms with van der Waals surface area (Å²) in [6.07, 6.45) is 1.97. The third-order valence-electron chi connectivity index (χ3n) is 1.68. The van der Waals surface area contributed by atoms with E-state index in [0.717, 1.165) is 31.4 Å². The number of hydrogen-bond donors (Lipinski definition) is 1. The van der Waals surface area contributed by atoms with Crippen LogP contribution >= 0.6 is 0 Å². The second kappa shape index (κ2) is 2.78. The van der Waals surface area contributed by atoms with E-state index < -0.39 is 0 Å². The van der Waals surface area contributed by atoms with E-state index in [1.165, 1.54) is 5.57 Å². The van der Waals surface area contributed by atoms with Crippen LogP contribution in [0.3, 0.4) is 0 Å². The van der Waals surface area contributed by atoms with Gasteiger partial charge >= 0.3 is 0 Å². The maximum absolute atomic E-state index is 10.3. The van der Waals surface area contributed by atoms with Crippen LogP contribution in [-0.2, 0) is 4.79 Å². The van der Waals surface area contributed by atoms with Crippen molar-refractivity contribution in [2.45, 2.75) is 13.3 Å². The van der Waals surface area contributed by atoms with Crippen molar-refractivity contribution in [1.82, 2.24) is 5.32 Å². The third kappa shape index (κ3) is 1.39. The summed E-state index contributed by atoms with van der Waals surface area (Å²) in [5, 5.41) is 3.13. The van der Waals surface area contributed by atoms with Crippen molar-refractivity contribution in [3.05, 3.63) is 11.1 Å².